The minimum absolute atomic E-state index is 0.198. The molecule has 2 aliphatic carbocycles. The van der Waals surface area contributed by atoms with E-state index in [0.717, 1.165) is 24.8 Å². The van der Waals surface area contributed by atoms with Gasteiger partial charge in [0.05, 0.1) is 5.56 Å². The van der Waals surface area contributed by atoms with Crippen LogP contribution in [0.15, 0.2) is 43.0 Å². The maximum atomic E-state index is 14.7. The molecule has 0 heterocycles. The third-order valence-corrected chi connectivity index (χ3v) is 7.03. The molecule has 4 rings (SSSR count). The first-order valence-corrected chi connectivity index (χ1v) is 10.8. The van der Waals surface area contributed by atoms with E-state index in [1.54, 1.807) is 19.1 Å². The van der Waals surface area contributed by atoms with Gasteiger partial charge in [-0.3, -0.25) is 0 Å². The molecule has 3 heteroatoms. The second-order valence-corrected chi connectivity index (χ2v) is 8.91. The molecule has 2 aromatic rings. The fourth-order valence-electron chi connectivity index (χ4n) is 5.20. The van der Waals surface area contributed by atoms with Gasteiger partial charge in [-0.25, -0.2) is 13.2 Å². The molecule has 0 N–H and O–H groups in total. The maximum absolute atomic E-state index is 14.7. The first-order chi connectivity index (χ1) is 14.4. The third kappa shape index (κ3) is 4.33. The van der Waals surface area contributed by atoms with Crippen molar-refractivity contribution in [3.63, 3.8) is 0 Å². The van der Waals surface area contributed by atoms with Crippen LogP contribution in [0.2, 0.25) is 0 Å². The average Bonchev–Trinajstić information content (AvgIpc) is 2.74. The largest absolute Gasteiger partial charge is 0.207 e. The number of halogens is 3. The van der Waals surface area contributed by atoms with Gasteiger partial charge in [0, 0.05) is 5.56 Å². The van der Waals surface area contributed by atoms with Crippen molar-refractivity contribution in [3.05, 3.63) is 82.7 Å². The van der Waals surface area contributed by atoms with Gasteiger partial charge < -0.3 is 0 Å². The van der Waals surface area contributed by atoms with Gasteiger partial charge in [0.15, 0.2) is 0 Å². The van der Waals surface area contributed by atoms with Crippen molar-refractivity contribution >= 4 is 0 Å². The number of rotatable bonds is 2. The van der Waals surface area contributed by atoms with Crippen LogP contribution >= 0.6 is 0 Å². The Hall–Kier alpha value is -2.47. The Morgan fingerprint density at radius 3 is 2.27 bits per heavy atom. The third-order valence-electron chi connectivity index (χ3n) is 7.03. The second kappa shape index (κ2) is 8.72. The summed E-state index contributed by atoms with van der Waals surface area (Å²) in [5.41, 5.74) is 1.39. The zero-order valence-electron chi connectivity index (χ0n) is 17.4. The number of benzene rings is 2. The van der Waals surface area contributed by atoms with Crippen molar-refractivity contribution < 1.29 is 13.2 Å². The number of fused-ring (bicyclic) bond motifs is 1. The van der Waals surface area contributed by atoms with E-state index in [1.165, 1.54) is 37.5 Å². The molecule has 2 aromatic carbocycles. The van der Waals surface area contributed by atoms with E-state index in [0.29, 0.717) is 28.9 Å². The van der Waals surface area contributed by atoms with Crippen LogP contribution < -0.4 is 0 Å². The molecule has 156 valence electrons. The maximum Gasteiger partial charge on any atom is 0.142 e. The zero-order chi connectivity index (χ0) is 21.3. The van der Waals surface area contributed by atoms with Crippen LogP contribution in [-0.4, -0.2) is 0 Å². The Kier molecular flexibility index (Phi) is 6.04. The van der Waals surface area contributed by atoms with E-state index in [1.807, 2.05) is 0 Å². The van der Waals surface area contributed by atoms with Crippen LogP contribution in [0.3, 0.4) is 0 Å². The summed E-state index contributed by atoms with van der Waals surface area (Å²) in [5.74, 6) is 5.76. The monoisotopic (exact) mass is 408 g/mol. The fourth-order valence-corrected chi connectivity index (χ4v) is 5.20. The molecular weight excluding hydrogens is 381 g/mol. The topological polar surface area (TPSA) is 0 Å². The minimum Gasteiger partial charge on any atom is -0.207 e. The second-order valence-electron chi connectivity index (χ2n) is 8.91. The number of hydrogen-bond donors (Lipinski definition) is 0. The molecule has 0 bridgehead atoms. The lowest BCUT2D eigenvalue weighted by atomic mass is 9.64. The molecule has 0 amide bonds. The van der Waals surface area contributed by atoms with Gasteiger partial charge in [0.1, 0.15) is 17.5 Å². The molecule has 0 aliphatic heterocycles. The summed E-state index contributed by atoms with van der Waals surface area (Å²) >= 11 is 0. The molecule has 30 heavy (non-hydrogen) atoms. The normalized spacial score (nSPS) is 25.7. The summed E-state index contributed by atoms with van der Waals surface area (Å²) in [6.07, 6.45) is 8.73. The molecule has 2 saturated carbocycles. The van der Waals surface area contributed by atoms with E-state index >= 15 is 0 Å². The highest BCUT2D eigenvalue weighted by molar-refractivity contribution is 5.46. The van der Waals surface area contributed by atoms with Crippen molar-refractivity contribution in [1.29, 1.82) is 0 Å². The van der Waals surface area contributed by atoms with Crippen molar-refractivity contribution in [2.24, 2.45) is 17.8 Å². The summed E-state index contributed by atoms with van der Waals surface area (Å²) in [7, 11) is 0. The molecular formula is C27H27F3. The van der Waals surface area contributed by atoms with Gasteiger partial charge in [-0.1, -0.05) is 24.0 Å². The Morgan fingerprint density at radius 2 is 1.57 bits per heavy atom. The van der Waals surface area contributed by atoms with Gasteiger partial charge in [-0.05, 0) is 105 Å². The number of allylic oxidation sites excluding steroid dienone is 1. The molecule has 0 spiro atoms. The van der Waals surface area contributed by atoms with E-state index in [-0.39, 0.29) is 17.3 Å². The van der Waals surface area contributed by atoms with Gasteiger partial charge in [-0.15, -0.1) is 6.58 Å². The molecule has 4 unspecified atom stereocenters. The van der Waals surface area contributed by atoms with E-state index < -0.39 is 11.6 Å². The SMILES string of the molecule is C=CC1CCC2CC(c3cc(F)c(C#Cc4ccc(C)c(F)c4)c(F)c3)CCC2C1. The van der Waals surface area contributed by atoms with Crippen LogP contribution in [0.5, 0.6) is 0 Å². The fraction of sp³-hybridized carbons (Fsp3) is 0.407. The minimum atomic E-state index is -0.637. The molecule has 0 saturated heterocycles. The smallest absolute Gasteiger partial charge is 0.142 e. The summed E-state index contributed by atoms with van der Waals surface area (Å²) in [4.78, 5) is 0. The molecule has 0 nitrogen and oxygen atoms in total. The van der Waals surface area contributed by atoms with Crippen LogP contribution in [-0.2, 0) is 0 Å². The Morgan fingerprint density at radius 1 is 0.867 bits per heavy atom. The van der Waals surface area contributed by atoms with E-state index in [4.69, 9.17) is 0 Å². The average molecular weight is 409 g/mol. The first-order valence-electron chi connectivity index (χ1n) is 10.8. The van der Waals surface area contributed by atoms with Crippen molar-refractivity contribution in [1.82, 2.24) is 0 Å². The highest BCUT2D eigenvalue weighted by Crippen LogP contribution is 2.48. The standard InChI is InChI=1S/C27H27F3/c1-3-18-6-8-21-14-22(10-9-20(21)12-18)23-15-26(29)24(27(30)16-23)11-7-19-5-4-17(2)25(28)13-19/h3-5,13,15-16,18,20-22H,1,6,8-10,12,14H2,2H3. The van der Waals surface area contributed by atoms with Gasteiger partial charge in [0.2, 0.25) is 0 Å². The first kappa shape index (κ1) is 20.8. The highest BCUT2D eigenvalue weighted by Gasteiger charge is 2.35. The lowest BCUT2D eigenvalue weighted by Crippen LogP contribution is -2.30. The van der Waals surface area contributed by atoms with Crippen molar-refractivity contribution in [2.75, 3.05) is 0 Å². The number of hydrogen-bond acceptors (Lipinski definition) is 0. The Balaban J connectivity index is 1.52. The molecule has 0 radical (unpaired) electrons. The lowest BCUT2D eigenvalue weighted by Gasteiger charge is -2.41. The summed E-state index contributed by atoms with van der Waals surface area (Å²) in [5, 5.41) is 0. The predicted octanol–water partition coefficient (Wildman–Crippen LogP) is 7.30. The predicted molar refractivity (Wildman–Crippen MR) is 115 cm³/mol. The highest BCUT2D eigenvalue weighted by atomic mass is 19.1. The van der Waals surface area contributed by atoms with Crippen LogP contribution in [0, 0.1) is 54.0 Å². The van der Waals surface area contributed by atoms with Crippen LogP contribution in [0.25, 0.3) is 0 Å². The lowest BCUT2D eigenvalue weighted by molar-refractivity contribution is 0.133. The van der Waals surface area contributed by atoms with E-state index in [9.17, 15) is 13.2 Å². The summed E-state index contributed by atoms with van der Waals surface area (Å²) < 4.78 is 43.1. The zero-order valence-corrected chi connectivity index (χ0v) is 17.4. The van der Waals surface area contributed by atoms with Crippen molar-refractivity contribution in [2.45, 2.75) is 51.4 Å². The molecule has 2 fully saturated rings. The van der Waals surface area contributed by atoms with Crippen molar-refractivity contribution in [3.8, 4) is 11.8 Å². The van der Waals surface area contributed by atoms with Crippen LogP contribution in [0.1, 0.15) is 66.7 Å². The molecule has 2 aliphatic rings. The summed E-state index contributed by atoms with van der Waals surface area (Å²) in [6.45, 7) is 5.60. The van der Waals surface area contributed by atoms with Crippen LogP contribution in [0.4, 0.5) is 13.2 Å². The quantitative estimate of drug-likeness (QED) is 0.361. The van der Waals surface area contributed by atoms with Gasteiger partial charge in [-0.2, -0.15) is 0 Å². The summed E-state index contributed by atoms with van der Waals surface area (Å²) in [6, 6.07) is 7.43. The Labute approximate surface area is 177 Å². The molecule has 4 atom stereocenters. The van der Waals surface area contributed by atoms with E-state index in [2.05, 4.69) is 24.5 Å². The molecule has 0 aromatic heterocycles. The number of aryl methyl sites for hydroxylation is 1. The Bertz CT molecular complexity index is 987. The van der Waals surface area contributed by atoms with Gasteiger partial charge in [0.25, 0.3) is 0 Å². The van der Waals surface area contributed by atoms with Gasteiger partial charge >= 0.3 is 0 Å².